The van der Waals surface area contributed by atoms with Gasteiger partial charge in [0.1, 0.15) is 6.54 Å². The normalized spacial score (nSPS) is 26.6. The van der Waals surface area contributed by atoms with Crippen molar-refractivity contribution in [2.24, 2.45) is 11.8 Å². The molecule has 2 saturated heterocycles. The summed E-state index contributed by atoms with van der Waals surface area (Å²) in [5, 5.41) is 17.7. The van der Waals surface area contributed by atoms with Gasteiger partial charge < -0.3 is 19.8 Å². The molecule has 2 atom stereocenters. The fourth-order valence-corrected chi connectivity index (χ4v) is 3.98. The molecule has 0 spiro atoms. The minimum absolute atomic E-state index is 0.0370. The summed E-state index contributed by atoms with van der Waals surface area (Å²) < 4.78 is 0. The number of carbonyl (C=O) groups is 1. The third kappa shape index (κ3) is 5.23. The first-order chi connectivity index (χ1) is 12.1. The van der Waals surface area contributed by atoms with Crippen LogP contribution in [0.5, 0.6) is 0 Å². The number of aliphatic hydroxyl groups is 1. The van der Waals surface area contributed by atoms with Crippen molar-refractivity contribution in [3.63, 3.8) is 0 Å². The summed E-state index contributed by atoms with van der Waals surface area (Å²) in [6.45, 7) is 7.19. The molecule has 2 aliphatic rings. The largest absolute Gasteiger partial charge is 0.396 e. The molecule has 0 aliphatic carbocycles. The van der Waals surface area contributed by atoms with Crippen LogP contribution in [0.4, 0.5) is 0 Å². The molecule has 3 rings (SSSR count). The highest BCUT2D eigenvalue weighted by Gasteiger charge is 2.31. The van der Waals surface area contributed by atoms with Crippen LogP contribution >= 0.6 is 0 Å². The Bertz CT molecular complexity index is 537. The Balaban J connectivity index is 1.57. The Kier molecular flexibility index (Phi) is 6.39. The molecule has 0 bridgehead atoms. The van der Waals surface area contributed by atoms with Gasteiger partial charge in [-0.2, -0.15) is 15.0 Å². The van der Waals surface area contributed by atoms with Crippen LogP contribution in [0, 0.1) is 11.8 Å². The lowest BCUT2D eigenvalue weighted by Crippen LogP contribution is -2.49. The summed E-state index contributed by atoms with van der Waals surface area (Å²) in [7, 11) is 2.18. The highest BCUT2D eigenvalue weighted by molar-refractivity contribution is 5.75. The van der Waals surface area contributed by atoms with Gasteiger partial charge in [-0.15, -0.1) is 0 Å². The van der Waals surface area contributed by atoms with Crippen LogP contribution in [0.25, 0.3) is 0 Å². The van der Waals surface area contributed by atoms with E-state index in [9.17, 15) is 9.90 Å². The third-order valence-electron chi connectivity index (χ3n) is 5.31. The molecule has 0 aromatic carbocycles. The van der Waals surface area contributed by atoms with Gasteiger partial charge in [0.05, 0.1) is 12.4 Å². The van der Waals surface area contributed by atoms with Gasteiger partial charge in [0.25, 0.3) is 0 Å². The second-order valence-corrected chi connectivity index (χ2v) is 7.47. The van der Waals surface area contributed by atoms with Crippen LogP contribution in [0.1, 0.15) is 12.8 Å². The predicted molar refractivity (Wildman–Crippen MR) is 93.8 cm³/mol. The van der Waals surface area contributed by atoms with Crippen LogP contribution in [0.2, 0.25) is 0 Å². The first kappa shape index (κ1) is 18.3. The number of aliphatic hydroxyl groups excluding tert-OH is 1. The molecule has 0 saturated carbocycles. The molecule has 140 valence electrons. The van der Waals surface area contributed by atoms with Crippen molar-refractivity contribution in [1.82, 2.24) is 29.7 Å². The van der Waals surface area contributed by atoms with Crippen molar-refractivity contribution in [1.29, 1.82) is 0 Å². The molecule has 25 heavy (non-hydrogen) atoms. The second-order valence-electron chi connectivity index (χ2n) is 7.47. The van der Waals surface area contributed by atoms with Crippen LogP contribution in [0.15, 0.2) is 12.4 Å². The van der Waals surface area contributed by atoms with E-state index in [0.717, 1.165) is 45.7 Å². The molecule has 8 heteroatoms. The van der Waals surface area contributed by atoms with E-state index in [1.807, 2.05) is 4.90 Å². The number of piperidine rings is 1. The number of hydrogen-bond donors (Lipinski definition) is 1. The number of nitrogens with zero attached hydrogens (tertiary/aromatic N) is 6. The van der Waals surface area contributed by atoms with E-state index >= 15 is 0 Å². The Hall–Kier alpha value is -1.51. The second kappa shape index (κ2) is 8.73. The van der Waals surface area contributed by atoms with Gasteiger partial charge in [-0.3, -0.25) is 4.79 Å². The Morgan fingerprint density at radius 3 is 2.64 bits per heavy atom. The highest BCUT2D eigenvalue weighted by atomic mass is 16.3. The van der Waals surface area contributed by atoms with Crippen molar-refractivity contribution in [3.8, 4) is 0 Å². The number of aromatic nitrogens is 3. The number of likely N-dealkylation sites (N-methyl/N-ethyl adjacent to an activating group) is 1. The lowest BCUT2D eigenvalue weighted by Gasteiger charge is -2.39. The standard InChI is InChI=1S/C17H30N6O2/c1-20-5-2-6-21(8-7-20)10-15-9-16(14-24)12-22(11-15)17(25)13-23-18-3-4-19-23/h3-4,15-16,24H,2,5-14H2,1H3/t15-,16-/m1/s1. The van der Waals surface area contributed by atoms with Crippen LogP contribution in [0.3, 0.4) is 0 Å². The molecular weight excluding hydrogens is 320 g/mol. The first-order valence-corrected chi connectivity index (χ1v) is 9.27. The van der Waals surface area contributed by atoms with Crippen LogP contribution in [-0.4, -0.2) is 100 Å². The van der Waals surface area contributed by atoms with E-state index in [1.165, 1.54) is 11.2 Å². The van der Waals surface area contributed by atoms with Crippen molar-refractivity contribution in [2.45, 2.75) is 19.4 Å². The van der Waals surface area contributed by atoms with Gasteiger partial charge in [0.2, 0.25) is 5.91 Å². The molecule has 3 heterocycles. The molecule has 1 aromatic rings. The molecule has 0 unspecified atom stereocenters. The Morgan fingerprint density at radius 2 is 1.88 bits per heavy atom. The molecule has 2 aliphatic heterocycles. The molecule has 0 radical (unpaired) electrons. The summed E-state index contributed by atoms with van der Waals surface area (Å²) in [4.78, 5) is 20.8. The predicted octanol–water partition coefficient (Wildman–Crippen LogP) is -0.627. The van der Waals surface area contributed by atoms with Gasteiger partial charge in [0, 0.05) is 39.3 Å². The van der Waals surface area contributed by atoms with E-state index in [1.54, 1.807) is 12.4 Å². The van der Waals surface area contributed by atoms with Crippen molar-refractivity contribution < 1.29 is 9.90 Å². The molecule has 1 N–H and O–H groups in total. The zero-order chi connectivity index (χ0) is 17.6. The van der Waals surface area contributed by atoms with E-state index in [4.69, 9.17) is 0 Å². The SMILES string of the molecule is CN1CCCN(C[C@H]2C[C@@H](CO)CN(C(=O)Cn3nccn3)C2)CC1. The zero-order valence-electron chi connectivity index (χ0n) is 15.1. The van der Waals surface area contributed by atoms with Gasteiger partial charge in [-0.1, -0.05) is 0 Å². The monoisotopic (exact) mass is 350 g/mol. The van der Waals surface area contributed by atoms with Crippen LogP contribution < -0.4 is 0 Å². The summed E-state index contributed by atoms with van der Waals surface area (Å²) >= 11 is 0. The van der Waals surface area contributed by atoms with Gasteiger partial charge >= 0.3 is 0 Å². The average Bonchev–Trinajstić information content (AvgIpc) is 3.03. The number of likely N-dealkylation sites (tertiary alicyclic amines) is 1. The Labute approximate surface area is 149 Å². The van der Waals surface area contributed by atoms with Crippen molar-refractivity contribution in [2.75, 3.05) is 59.5 Å². The number of amides is 1. The topological polar surface area (TPSA) is 77.7 Å². The zero-order valence-corrected chi connectivity index (χ0v) is 15.1. The summed E-state index contributed by atoms with van der Waals surface area (Å²) in [6.07, 6.45) is 5.35. The number of rotatable bonds is 5. The van der Waals surface area contributed by atoms with Gasteiger partial charge in [0.15, 0.2) is 0 Å². The van der Waals surface area contributed by atoms with Gasteiger partial charge in [-0.05, 0) is 44.8 Å². The summed E-state index contributed by atoms with van der Waals surface area (Å²) in [5.41, 5.74) is 0. The first-order valence-electron chi connectivity index (χ1n) is 9.27. The molecule has 2 fully saturated rings. The Morgan fingerprint density at radius 1 is 1.12 bits per heavy atom. The fraction of sp³-hybridized carbons (Fsp3) is 0.824. The molecule has 1 amide bonds. The van der Waals surface area contributed by atoms with E-state index in [-0.39, 0.29) is 25.0 Å². The molecule has 8 nitrogen and oxygen atoms in total. The lowest BCUT2D eigenvalue weighted by molar-refractivity contribution is -0.135. The maximum atomic E-state index is 12.6. The van der Waals surface area contributed by atoms with E-state index in [2.05, 4.69) is 27.0 Å². The maximum absolute atomic E-state index is 12.6. The van der Waals surface area contributed by atoms with Crippen molar-refractivity contribution in [3.05, 3.63) is 12.4 Å². The minimum atomic E-state index is 0.0370. The maximum Gasteiger partial charge on any atom is 0.246 e. The van der Waals surface area contributed by atoms with E-state index in [0.29, 0.717) is 12.5 Å². The smallest absolute Gasteiger partial charge is 0.246 e. The van der Waals surface area contributed by atoms with Gasteiger partial charge in [-0.25, -0.2) is 0 Å². The minimum Gasteiger partial charge on any atom is -0.396 e. The van der Waals surface area contributed by atoms with Crippen LogP contribution in [-0.2, 0) is 11.3 Å². The van der Waals surface area contributed by atoms with E-state index < -0.39 is 0 Å². The number of carbonyl (C=O) groups excluding carboxylic acids is 1. The lowest BCUT2D eigenvalue weighted by atomic mass is 9.89. The quantitative estimate of drug-likeness (QED) is 0.762. The third-order valence-corrected chi connectivity index (χ3v) is 5.31. The molecule has 1 aromatic heterocycles. The summed E-state index contributed by atoms with van der Waals surface area (Å²) in [6, 6.07) is 0. The van der Waals surface area contributed by atoms with Crippen molar-refractivity contribution >= 4 is 5.91 Å². The number of hydrogen-bond acceptors (Lipinski definition) is 6. The fourth-order valence-electron chi connectivity index (χ4n) is 3.98. The summed E-state index contributed by atoms with van der Waals surface area (Å²) in [5.74, 6) is 0.627. The molecular formula is C17H30N6O2. The average molecular weight is 350 g/mol. The highest BCUT2D eigenvalue weighted by Crippen LogP contribution is 2.23.